The van der Waals surface area contributed by atoms with E-state index in [1.807, 2.05) is 0 Å². The van der Waals surface area contributed by atoms with Crippen LogP contribution in [0.5, 0.6) is 0 Å². The van der Waals surface area contributed by atoms with E-state index in [1.54, 1.807) is 0 Å². The van der Waals surface area contributed by atoms with Crippen LogP contribution in [-0.2, 0) is 9.59 Å². The summed E-state index contributed by atoms with van der Waals surface area (Å²) in [7, 11) is 0. The minimum Gasteiger partial charge on any atom is -0.369 e. The van der Waals surface area contributed by atoms with Crippen LogP contribution in [0.4, 0.5) is 0 Å². The molecule has 4 heterocycles. The maximum atomic E-state index is 11.0. The molecule has 0 radical (unpaired) electrons. The van der Waals surface area contributed by atoms with E-state index in [2.05, 4.69) is 79.2 Å². The SMILES string of the molecule is CCCC[N+](CCCC)(CCCC)CCCC.NC1=NC2=NN=NC2C(=O)N1.NC1=NC2=NN=NC2C(=O)N1. The van der Waals surface area contributed by atoms with Crippen LogP contribution < -0.4 is 22.1 Å². The molecule has 15 nitrogen and oxygen atoms in total. The van der Waals surface area contributed by atoms with Crippen molar-refractivity contribution in [1.29, 1.82) is 0 Å². The first-order valence-electron chi connectivity index (χ1n) is 13.9. The predicted octanol–water partition coefficient (Wildman–Crippen LogP) is 2.16. The lowest BCUT2D eigenvalue weighted by Crippen LogP contribution is -2.50. The number of nitrogens with one attached hydrogen (secondary N) is 2. The molecule has 0 saturated heterocycles. The first kappa shape index (κ1) is 31.6. The van der Waals surface area contributed by atoms with Gasteiger partial charge in [0.1, 0.15) is 0 Å². The van der Waals surface area contributed by atoms with E-state index in [-0.39, 0.29) is 35.4 Å². The normalized spacial score (nSPS) is 20.6. The molecule has 0 aliphatic carbocycles. The summed E-state index contributed by atoms with van der Waals surface area (Å²) in [6, 6.07) is -1.38. The molecule has 0 bridgehead atoms. The zero-order valence-electron chi connectivity index (χ0n) is 23.6. The second-order valence-electron chi connectivity index (χ2n) is 9.75. The van der Waals surface area contributed by atoms with E-state index in [0.29, 0.717) is 0 Å². The number of hydrogen-bond donors (Lipinski definition) is 4. The van der Waals surface area contributed by atoms with Crippen molar-refractivity contribution < 1.29 is 14.1 Å². The average Bonchev–Trinajstić information content (AvgIpc) is 3.59. The van der Waals surface area contributed by atoms with Gasteiger partial charge in [0, 0.05) is 0 Å². The smallest absolute Gasteiger partial charge is 0.261 e. The third kappa shape index (κ3) is 9.89. The second-order valence-corrected chi connectivity index (χ2v) is 9.75. The third-order valence-electron chi connectivity index (χ3n) is 6.53. The molecule has 2 atom stereocenters. The van der Waals surface area contributed by atoms with Crippen LogP contribution in [0.15, 0.2) is 40.9 Å². The molecule has 0 fully saturated rings. The van der Waals surface area contributed by atoms with Crippen molar-refractivity contribution >= 4 is 35.4 Å². The zero-order chi connectivity index (χ0) is 28.7. The summed E-state index contributed by atoms with van der Waals surface area (Å²) in [6.07, 6.45) is 11.1. The number of nitrogens with two attached hydrogens (primary N) is 2. The number of aliphatic imine (C=N–C) groups is 2. The number of guanidine groups is 2. The van der Waals surface area contributed by atoms with Crippen LogP contribution in [0.2, 0.25) is 0 Å². The molecule has 39 heavy (non-hydrogen) atoms. The first-order valence-corrected chi connectivity index (χ1v) is 13.9. The fraction of sp³-hybridized carbons (Fsp3) is 0.750. The lowest BCUT2D eigenvalue weighted by molar-refractivity contribution is -0.929. The van der Waals surface area contributed by atoms with E-state index in [4.69, 9.17) is 11.5 Å². The largest absolute Gasteiger partial charge is 0.369 e. The molecule has 216 valence electrons. The molecular formula is C24H44N13O2+. The summed E-state index contributed by atoms with van der Waals surface area (Å²) in [6.45, 7) is 15.0. The number of rotatable bonds is 12. The van der Waals surface area contributed by atoms with Gasteiger partial charge in [-0.3, -0.25) is 20.2 Å². The highest BCUT2D eigenvalue weighted by atomic mass is 16.2. The molecule has 0 aromatic rings. The summed E-state index contributed by atoms with van der Waals surface area (Å²) in [5.41, 5.74) is 10.5. The quantitative estimate of drug-likeness (QED) is 0.271. The van der Waals surface area contributed by atoms with Crippen LogP contribution in [0.25, 0.3) is 0 Å². The Kier molecular flexibility index (Phi) is 13.3. The van der Waals surface area contributed by atoms with Crippen LogP contribution in [0.1, 0.15) is 79.1 Å². The Morgan fingerprint density at radius 1 is 0.641 bits per heavy atom. The number of quaternary nitrogens is 1. The van der Waals surface area contributed by atoms with Crippen molar-refractivity contribution in [3.05, 3.63) is 0 Å². The number of hydrogen-bond acceptors (Lipinski definition) is 12. The Morgan fingerprint density at radius 3 is 1.28 bits per heavy atom. The second kappa shape index (κ2) is 16.4. The van der Waals surface area contributed by atoms with Gasteiger partial charge in [0.25, 0.3) is 11.8 Å². The van der Waals surface area contributed by atoms with Gasteiger partial charge in [-0.1, -0.05) is 53.4 Å². The number of carbonyl (C=O) groups excluding carboxylic acids is 2. The Bertz CT molecular complexity index is 916. The molecule has 6 N–H and O–H groups in total. The van der Waals surface area contributed by atoms with Gasteiger partial charge in [-0.15, -0.1) is 20.4 Å². The van der Waals surface area contributed by atoms with E-state index < -0.39 is 12.1 Å². The monoisotopic (exact) mass is 546 g/mol. The van der Waals surface area contributed by atoms with Gasteiger partial charge < -0.3 is 16.0 Å². The molecule has 0 aromatic carbocycles. The topological polar surface area (TPSA) is 209 Å². The lowest BCUT2D eigenvalue weighted by atomic mass is 10.1. The number of amidine groups is 2. The number of carbonyl (C=O) groups is 2. The summed E-state index contributed by atoms with van der Waals surface area (Å²) in [5, 5.41) is 25.3. The fourth-order valence-electron chi connectivity index (χ4n) is 4.30. The highest BCUT2D eigenvalue weighted by Crippen LogP contribution is 2.16. The predicted molar refractivity (Wildman–Crippen MR) is 151 cm³/mol. The maximum Gasteiger partial charge on any atom is 0.261 e. The molecular weight excluding hydrogens is 502 g/mol. The van der Waals surface area contributed by atoms with Crippen molar-refractivity contribution in [1.82, 2.24) is 10.6 Å². The van der Waals surface area contributed by atoms with Crippen LogP contribution in [-0.4, -0.2) is 78.2 Å². The molecule has 0 saturated carbocycles. The summed E-state index contributed by atoms with van der Waals surface area (Å²) in [4.78, 5) is 29.4. The minimum absolute atomic E-state index is 0.0392. The molecule has 15 heteroatoms. The zero-order valence-corrected chi connectivity index (χ0v) is 23.6. The Morgan fingerprint density at radius 2 is 0.974 bits per heavy atom. The highest BCUT2D eigenvalue weighted by Gasteiger charge is 2.33. The Labute approximate surface area is 230 Å². The number of nitrogens with zero attached hydrogens (tertiary/aromatic N) is 9. The van der Waals surface area contributed by atoms with Gasteiger partial charge in [-0.2, -0.15) is 9.98 Å². The summed E-state index contributed by atoms with van der Waals surface area (Å²) in [5.74, 6) is -0.0814. The molecule has 2 unspecified atom stereocenters. The van der Waals surface area contributed by atoms with Gasteiger partial charge in [0.15, 0.2) is 11.7 Å². The van der Waals surface area contributed by atoms with Gasteiger partial charge >= 0.3 is 0 Å². The first-order chi connectivity index (χ1) is 18.8. The standard InChI is InChI=1S/C16H36N.2C4H4N6O/c1-5-9-13-17(14-10-6-2,15-11-7-3)16-12-8-4;2*5-4-6-2-1(3(11)7-4)8-10-9-2/h5-16H2,1-4H3;2*1H,(H3,5,6,7,8,9,11)/q+1;;. The third-order valence-corrected chi connectivity index (χ3v) is 6.53. The van der Waals surface area contributed by atoms with Crippen molar-refractivity contribution in [2.45, 2.75) is 91.1 Å². The summed E-state index contributed by atoms with van der Waals surface area (Å²) >= 11 is 0. The van der Waals surface area contributed by atoms with Crippen LogP contribution in [0, 0.1) is 0 Å². The minimum atomic E-state index is -0.692. The lowest BCUT2D eigenvalue weighted by Gasteiger charge is -2.39. The van der Waals surface area contributed by atoms with Crippen molar-refractivity contribution in [3.63, 3.8) is 0 Å². The molecule has 0 spiro atoms. The van der Waals surface area contributed by atoms with Gasteiger partial charge in [-0.05, 0) is 36.1 Å². The molecule has 4 aliphatic heterocycles. The highest BCUT2D eigenvalue weighted by molar-refractivity contribution is 6.20. The maximum absolute atomic E-state index is 11.0. The van der Waals surface area contributed by atoms with Gasteiger partial charge in [0.05, 0.1) is 26.2 Å². The summed E-state index contributed by atoms with van der Waals surface area (Å²) < 4.78 is 1.42. The van der Waals surface area contributed by atoms with Gasteiger partial charge in [0.2, 0.25) is 24.0 Å². The van der Waals surface area contributed by atoms with Crippen LogP contribution in [0.3, 0.4) is 0 Å². The molecule has 0 aromatic heterocycles. The van der Waals surface area contributed by atoms with E-state index in [1.165, 1.54) is 82.0 Å². The Hall–Kier alpha value is -3.62. The van der Waals surface area contributed by atoms with Gasteiger partial charge in [-0.25, -0.2) is 0 Å². The number of fused-ring (bicyclic) bond motifs is 2. The van der Waals surface area contributed by atoms with E-state index in [9.17, 15) is 9.59 Å². The van der Waals surface area contributed by atoms with Crippen molar-refractivity contribution in [2.75, 3.05) is 26.2 Å². The molecule has 2 amide bonds. The number of unbranched alkanes of at least 4 members (excludes halogenated alkanes) is 4. The fourth-order valence-corrected chi connectivity index (χ4v) is 4.30. The van der Waals surface area contributed by atoms with Crippen molar-refractivity contribution in [2.24, 2.45) is 52.3 Å². The van der Waals surface area contributed by atoms with Crippen molar-refractivity contribution in [3.8, 4) is 0 Å². The van der Waals surface area contributed by atoms with E-state index >= 15 is 0 Å². The Balaban J connectivity index is 0.000000211. The van der Waals surface area contributed by atoms with E-state index in [0.717, 1.165) is 0 Å². The molecule has 4 aliphatic rings. The van der Waals surface area contributed by atoms with Crippen LogP contribution >= 0.6 is 0 Å². The average molecular weight is 547 g/mol. The molecule has 4 rings (SSSR count). The number of amides is 2.